The van der Waals surface area contributed by atoms with Crippen molar-refractivity contribution in [3.05, 3.63) is 53.1 Å². The zero-order valence-electron chi connectivity index (χ0n) is 11.4. The molecule has 108 valence electrons. The van der Waals surface area contributed by atoms with E-state index in [1.165, 1.54) is 0 Å². The maximum Gasteiger partial charge on any atom is 0.207 e. The predicted octanol–water partition coefficient (Wildman–Crippen LogP) is 3.22. The quantitative estimate of drug-likeness (QED) is 0.737. The molecule has 0 aliphatic carbocycles. The molecule has 0 bridgehead atoms. The van der Waals surface area contributed by atoms with Gasteiger partial charge in [0.05, 0.1) is 16.4 Å². The van der Waals surface area contributed by atoms with E-state index in [2.05, 4.69) is 0 Å². The molecule has 5 heteroatoms. The third kappa shape index (κ3) is 2.41. The van der Waals surface area contributed by atoms with Crippen molar-refractivity contribution < 1.29 is 13.5 Å². The second-order valence-corrected chi connectivity index (χ2v) is 7.54. The van der Waals surface area contributed by atoms with Gasteiger partial charge in [0.15, 0.2) is 0 Å². The molecule has 3 nitrogen and oxygen atoms in total. The van der Waals surface area contributed by atoms with Crippen molar-refractivity contribution in [3.8, 4) is 0 Å². The molecule has 2 aromatic rings. The van der Waals surface area contributed by atoms with Gasteiger partial charge >= 0.3 is 0 Å². The highest BCUT2D eigenvalue weighted by Crippen LogP contribution is 2.34. The molecule has 21 heavy (non-hydrogen) atoms. The van der Waals surface area contributed by atoms with Gasteiger partial charge in [0.1, 0.15) is 0 Å². The van der Waals surface area contributed by atoms with E-state index in [0.717, 1.165) is 4.90 Å². The SMILES string of the molecule is CSc1ccc2c(c1)C=Cc1ccc(CO)cc1S2(=O)=O. The standard InChI is InChI=1S/C16H14O3S2/c1-20-14-6-7-15-13(9-14)5-4-12-3-2-11(10-17)8-16(12)21(15,18)19/h2-9,17H,10H2,1H3. The van der Waals surface area contributed by atoms with Crippen LogP contribution in [0.15, 0.2) is 51.1 Å². The second-order valence-electron chi connectivity index (χ2n) is 4.77. The number of benzene rings is 2. The van der Waals surface area contributed by atoms with Crippen LogP contribution in [-0.4, -0.2) is 19.8 Å². The van der Waals surface area contributed by atoms with Crippen LogP contribution in [0.25, 0.3) is 12.2 Å². The third-order valence-corrected chi connectivity index (χ3v) is 6.11. The number of aliphatic hydroxyl groups excluding tert-OH is 1. The van der Waals surface area contributed by atoms with Crippen LogP contribution in [0, 0.1) is 0 Å². The van der Waals surface area contributed by atoms with Crippen LogP contribution in [0.5, 0.6) is 0 Å². The van der Waals surface area contributed by atoms with Crippen molar-refractivity contribution in [1.82, 2.24) is 0 Å². The molecule has 0 saturated carbocycles. The Hall–Kier alpha value is -1.56. The lowest BCUT2D eigenvalue weighted by molar-refractivity contribution is 0.281. The summed E-state index contributed by atoms with van der Waals surface area (Å²) in [6.07, 6.45) is 5.60. The molecule has 2 aromatic carbocycles. The van der Waals surface area contributed by atoms with Gasteiger partial charge in [0, 0.05) is 4.90 Å². The summed E-state index contributed by atoms with van der Waals surface area (Å²) in [5.41, 5.74) is 1.94. The van der Waals surface area contributed by atoms with Crippen molar-refractivity contribution >= 4 is 33.8 Å². The van der Waals surface area contributed by atoms with Crippen LogP contribution in [0.2, 0.25) is 0 Å². The van der Waals surface area contributed by atoms with Gasteiger partial charge in [0.25, 0.3) is 0 Å². The van der Waals surface area contributed by atoms with Crippen molar-refractivity contribution in [2.45, 2.75) is 21.3 Å². The van der Waals surface area contributed by atoms with E-state index in [1.807, 2.05) is 30.5 Å². The maximum atomic E-state index is 12.9. The van der Waals surface area contributed by atoms with Gasteiger partial charge in [-0.05, 0) is 47.2 Å². The first kappa shape index (κ1) is 14.4. The lowest BCUT2D eigenvalue weighted by Gasteiger charge is -2.10. The van der Waals surface area contributed by atoms with Crippen LogP contribution < -0.4 is 0 Å². The average Bonchev–Trinajstić information content (AvgIpc) is 2.62. The van der Waals surface area contributed by atoms with E-state index in [1.54, 1.807) is 36.0 Å². The molecule has 0 unspecified atom stereocenters. The van der Waals surface area contributed by atoms with Gasteiger partial charge in [-0.25, -0.2) is 8.42 Å². The first-order valence-corrected chi connectivity index (χ1v) is 9.12. The molecule has 0 radical (unpaired) electrons. The van der Waals surface area contributed by atoms with E-state index in [9.17, 15) is 13.5 Å². The molecule has 0 aromatic heterocycles. The lowest BCUT2D eigenvalue weighted by atomic mass is 10.1. The monoisotopic (exact) mass is 318 g/mol. The minimum absolute atomic E-state index is 0.176. The van der Waals surface area contributed by atoms with Crippen LogP contribution >= 0.6 is 11.8 Å². The second kappa shape index (κ2) is 5.33. The lowest BCUT2D eigenvalue weighted by Crippen LogP contribution is -2.05. The highest BCUT2D eigenvalue weighted by molar-refractivity contribution is 7.98. The first-order chi connectivity index (χ1) is 10.1. The largest absolute Gasteiger partial charge is 0.392 e. The van der Waals surface area contributed by atoms with Gasteiger partial charge < -0.3 is 5.11 Å². The fourth-order valence-corrected chi connectivity index (χ4v) is 4.50. The van der Waals surface area contributed by atoms with Crippen molar-refractivity contribution in [2.75, 3.05) is 6.26 Å². The van der Waals surface area contributed by atoms with Crippen molar-refractivity contribution in [1.29, 1.82) is 0 Å². The highest BCUT2D eigenvalue weighted by Gasteiger charge is 2.25. The van der Waals surface area contributed by atoms with Gasteiger partial charge in [-0.2, -0.15) is 0 Å². The van der Waals surface area contributed by atoms with Crippen molar-refractivity contribution in [3.63, 3.8) is 0 Å². The molecule has 0 fully saturated rings. The Kier molecular flexibility index (Phi) is 3.65. The summed E-state index contributed by atoms with van der Waals surface area (Å²) in [4.78, 5) is 1.59. The number of hydrogen-bond acceptors (Lipinski definition) is 4. The van der Waals surface area contributed by atoms with Crippen molar-refractivity contribution in [2.24, 2.45) is 0 Å². The highest BCUT2D eigenvalue weighted by atomic mass is 32.2. The summed E-state index contributed by atoms with van der Waals surface area (Å²) in [6.45, 7) is -0.176. The number of rotatable bonds is 2. The first-order valence-electron chi connectivity index (χ1n) is 6.41. The van der Waals surface area contributed by atoms with E-state index in [4.69, 9.17) is 0 Å². The van der Waals surface area contributed by atoms with E-state index in [0.29, 0.717) is 21.6 Å². The zero-order valence-corrected chi connectivity index (χ0v) is 13.0. The Labute approximate surface area is 128 Å². The smallest absolute Gasteiger partial charge is 0.207 e. The minimum Gasteiger partial charge on any atom is -0.392 e. The summed E-state index contributed by atoms with van der Waals surface area (Å²) in [6, 6.07) is 10.4. The minimum atomic E-state index is -3.58. The predicted molar refractivity (Wildman–Crippen MR) is 85.0 cm³/mol. The van der Waals surface area contributed by atoms with Gasteiger partial charge in [0.2, 0.25) is 9.84 Å². The summed E-state index contributed by atoms with van der Waals surface area (Å²) in [7, 11) is -3.58. The van der Waals surface area contributed by atoms with Gasteiger partial charge in [-0.1, -0.05) is 24.3 Å². The third-order valence-electron chi connectivity index (χ3n) is 3.50. The van der Waals surface area contributed by atoms with Gasteiger partial charge in [-0.3, -0.25) is 0 Å². The summed E-state index contributed by atoms with van der Waals surface area (Å²) >= 11 is 1.58. The molecule has 1 aliphatic rings. The molecule has 0 atom stereocenters. The molecule has 1 aliphatic heterocycles. The van der Waals surface area contributed by atoms with Crippen LogP contribution in [0.3, 0.4) is 0 Å². The van der Waals surface area contributed by atoms with Crippen LogP contribution in [0.4, 0.5) is 0 Å². The average molecular weight is 318 g/mol. The fraction of sp³-hybridized carbons (Fsp3) is 0.125. The van der Waals surface area contributed by atoms with E-state index < -0.39 is 9.84 Å². The summed E-state index contributed by atoms with van der Waals surface area (Å²) in [5.74, 6) is 0. The Morgan fingerprint density at radius 3 is 2.48 bits per heavy atom. The topological polar surface area (TPSA) is 54.4 Å². The van der Waals surface area contributed by atoms with Crippen LogP contribution in [-0.2, 0) is 16.4 Å². The molecule has 1 heterocycles. The Bertz CT molecular complexity index is 837. The Morgan fingerprint density at radius 1 is 1.00 bits per heavy atom. The molecular formula is C16H14O3S2. The number of fused-ring (bicyclic) bond motifs is 2. The molecule has 0 saturated heterocycles. The number of thioether (sulfide) groups is 1. The van der Waals surface area contributed by atoms with E-state index in [-0.39, 0.29) is 11.5 Å². The molecule has 0 spiro atoms. The number of aliphatic hydroxyl groups is 1. The van der Waals surface area contributed by atoms with E-state index >= 15 is 0 Å². The summed E-state index contributed by atoms with van der Waals surface area (Å²) in [5, 5.41) is 9.23. The Balaban J connectivity index is 2.29. The number of hydrogen-bond donors (Lipinski definition) is 1. The fourth-order valence-electron chi connectivity index (χ4n) is 2.37. The molecule has 3 rings (SSSR count). The molecule has 1 N–H and O–H groups in total. The number of sulfone groups is 1. The zero-order chi connectivity index (χ0) is 15.0. The van der Waals surface area contributed by atoms with Gasteiger partial charge in [-0.15, -0.1) is 11.8 Å². The summed E-state index contributed by atoms with van der Waals surface area (Å²) < 4.78 is 25.7. The van der Waals surface area contributed by atoms with Crippen LogP contribution in [0.1, 0.15) is 16.7 Å². The normalized spacial score (nSPS) is 15.1. The molecular weight excluding hydrogens is 304 g/mol. The Morgan fingerprint density at radius 2 is 1.76 bits per heavy atom. The molecule has 0 amide bonds. The maximum absolute atomic E-state index is 12.9.